The third kappa shape index (κ3) is 3.43. The van der Waals surface area contributed by atoms with E-state index in [0.717, 1.165) is 5.56 Å². The number of anilines is 1. The van der Waals surface area contributed by atoms with Gasteiger partial charge in [0.05, 0.1) is 0 Å². The zero-order chi connectivity index (χ0) is 11.5. The Morgan fingerprint density at radius 1 is 1.40 bits per heavy atom. The predicted octanol–water partition coefficient (Wildman–Crippen LogP) is 2.30. The van der Waals surface area contributed by atoms with E-state index in [-0.39, 0.29) is 0 Å². The van der Waals surface area contributed by atoms with Gasteiger partial charge in [-0.05, 0) is 24.6 Å². The van der Waals surface area contributed by atoms with E-state index < -0.39 is 18.8 Å². The molecule has 0 radical (unpaired) electrons. The molecule has 0 aromatic heterocycles. The summed E-state index contributed by atoms with van der Waals surface area (Å²) in [5.41, 5.74) is 6.40. The van der Waals surface area contributed by atoms with Crippen molar-refractivity contribution in [3.05, 3.63) is 29.8 Å². The lowest BCUT2D eigenvalue weighted by Crippen LogP contribution is -2.42. The second kappa shape index (κ2) is 4.53. The molecule has 84 valence electrons. The molecule has 1 rings (SSSR count). The van der Waals surface area contributed by atoms with Gasteiger partial charge in [0.15, 0.2) is 0 Å². The largest absolute Gasteiger partial charge is 0.409 e. The summed E-state index contributed by atoms with van der Waals surface area (Å²) in [6.45, 7) is 1.34. The van der Waals surface area contributed by atoms with E-state index in [1.165, 1.54) is 0 Å². The zero-order valence-electron chi connectivity index (χ0n) is 8.31. The molecule has 5 heteroatoms. The quantitative estimate of drug-likeness (QED) is 0.816. The molecule has 0 heterocycles. The molecule has 0 saturated heterocycles. The Hall–Kier alpha value is -1.23. The van der Waals surface area contributed by atoms with Gasteiger partial charge in [0.25, 0.3) is 0 Å². The first-order chi connectivity index (χ1) is 6.93. The summed E-state index contributed by atoms with van der Waals surface area (Å²) < 4.78 is 37.1. The van der Waals surface area contributed by atoms with Crippen LogP contribution in [0, 0.1) is 6.92 Å². The molecule has 3 N–H and O–H groups in total. The third-order valence-corrected chi connectivity index (χ3v) is 1.99. The van der Waals surface area contributed by atoms with Gasteiger partial charge in [0, 0.05) is 12.2 Å². The van der Waals surface area contributed by atoms with Crippen molar-refractivity contribution >= 4 is 5.69 Å². The molecule has 0 aliphatic rings. The number of hydrogen-bond acceptors (Lipinski definition) is 2. The number of benzene rings is 1. The highest BCUT2D eigenvalue weighted by Crippen LogP contribution is 2.23. The molecule has 15 heavy (non-hydrogen) atoms. The number of nitrogens with one attached hydrogen (secondary N) is 1. The maximum atomic E-state index is 12.4. The summed E-state index contributed by atoms with van der Waals surface area (Å²) in [5, 5.41) is 2.36. The van der Waals surface area contributed by atoms with Crippen LogP contribution >= 0.6 is 0 Å². The third-order valence-electron chi connectivity index (χ3n) is 1.99. The maximum absolute atomic E-state index is 12.4. The molecule has 1 unspecified atom stereocenters. The summed E-state index contributed by atoms with van der Waals surface area (Å²) >= 11 is 0. The smallest absolute Gasteiger partial charge is 0.373 e. The van der Waals surface area contributed by atoms with E-state index in [9.17, 15) is 13.2 Å². The van der Waals surface area contributed by atoms with E-state index in [2.05, 4.69) is 5.32 Å². The van der Waals surface area contributed by atoms with E-state index in [4.69, 9.17) is 5.73 Å². The van der Waals surface area contributed by atoms with Gasteiger partial charge in [-0.15, -0.1) is 0 Å². The highest BCUT2D eigenvalue weighted by Gasteiger charge is 2.38. The van der Waals surface area contributed by atoms with Crippen LogP contribution in [0.2, 0.25) is 0 Å². The summed E-state index contributed by atoms with van der Waals surface area (Å²) in [6, 6.07) is 5.05. The van der Waals surface area contributed by atoms with Crippen molar-refractivity contribution in [1.29, 1.82) is 0 Å². The molecule has 1 aromatic carbocycles. The van der Waals surface area contributed by atoms with Crippen LogP contribution in [0.4, 0.5) is 18.9 Å². The van der Waals surface area contributed by atoms with Crippen molar-refractivity contribution in [3.8, 4) is 0 Å². The number of halogens is 3. The molecule has 1 atom stereocenters. The number of hydrogen-bond donors (Lipinski definition) is 2. The van der Waals surface area contributed by atoms with Crippen LogP contribution in [0.1, 0.15) is 5.56 Å². The van der Waals surface area contributed by atoms with Gasteiger partial charge in [0.1, 0.15) is 6.04 Å². The molecular weight excluding hydrogens is 205 g/mol. The summed E-state index contributed by atoms with van der Waals surface area (Å²) in [4.78, 5) is 0. The van der Waals surface area contributed by atoms with Crippen molar-refractivity contribution in [1.82, 2.24) is 0 Å². The Morgan fingerprint density at radius 3 is 2.53 bits per heavy atom. The minimum absolute atomic E-state index is 0.433. The van der Waals surface area contributed by atoms with Crippen molar-refractivity contribution in [2.45, 2.75) is 19.1 Å². The van der Waals surface area contributed by atoms with Crippen molar-refractivity contribution < 1.29 is 13.2 Å². The van der Waals surface area contributed by atoms with Crippen LogP contribution < -0.4 is 11.1 Å². The molecular formula is C10H13F3N2. The van der Waals surface area contributed by atoms with Gasteiger partial charge in [-0.25, -0.2) is 0 Å². The Morgan fingerprint density at radius 2 is 2.07 bits per heavy atom. The standard InChI is InChI=1S/C10H13F3N2/c1-7-3-2-4-8(5-7)15-9(6-14)10(11,12)13/h2-5,9,15H,6,14H2,1H3. The van der Waals surface area contributed by atoms with Crippen LogP contribution in [0.25, 0.3) is 0 Å². The minimum atomic E-state index is -4.32. The molecule has 0 bridgehead atoms. The molecule has 0 spiro atoms. The Bertz CT molecular complexity index is 323. The second-order valence-electron chi connectivity index (χ2n) is 3.34. The van der Waals surface area contributed by atoms with Crippen LogP contribution in [0.3, 0.4) is 0 Å². The number of nitrogens with two attached hydrogens (primary N) is 1. The maximum Gasteiger partial charge on any atom is 0.409 e. The fourth-order valence-electron chi connectivity index (χ4n) is 1.21. The van der Waals surface area contributed by atoms with E-state index >= 15 is 0 Å². The average molecular weight is 218 g/mol. The topological polar surface area (TPSA) is 38.0 Å². The lowest BCUT2D eigenvalue weighted by Gasteiger charge is -2.21. The van der Waals surface area contributed by atoms with Gasteiger partial charge in [-0.2, -0.15) is 13.2 Å². The monoisotopic (exact) mass is 218 g/mol. The van der Waals surface area contributed by atoms with Crippen LogP contribution in [0.5, 0.6) is 0 Å². The van der Waals surface area contributed by atoms with Gasteiger partial charge in [0.2, 0.25) is 0 Å². The number of rotatable bonds is 3. The predicted molar refractivity (Wildman–Crippen MR) is 53.7 cm³/mol. The molecule has 0 amide bonds. The van der Waals surface area contributed by atoms with Gasteiger partial charge < -0.3 is 11.1 Å². The highest BCUT2D eigenvalue weighted by atomic mass is 19.4. The number of aryl methyl sites for hydroxylation is 1. The zero-order valence-corrected chi connectivity index (χ0v) is 8.31. The highest BCUT2D eigenvalue weighted by molar-refractivity contribution is 5.46. The molecule has 1 aromatic rings. The lowest BCUT2D eigenvalue weighted by atomic mass is 10.2. The summed E-state index contributed by atoms with van der Waals surface area (Å²) in [5.74, 6) is 0. The first kappa shape index (κ1) is 11.8. The van der Waals surface area contributed by atoms with Crippen molar-refractivity contribution in [2.75, 3.05) is 11.9 Å². The first-order valence-corrected chi connectivity index (χ1v) is 4.53. The van der Waals surface area contributed by atoms with Crippen LogP contribution in [0.15, 0.2) is 24.3 Å². The fraction of sp³-hybridized carbons (Fsp3) is 0.400. The Balaban J connectivity index is 2.76. The van der Waals surface area contributed by atoms with E-state index in [1.54, 1.807) is 18.2 Å². The van der Waals surface area contributed by atoms with Crippen LogP contribution in [-0.2, 0) is 0 Å². The molecule has 0 fully saturated rings. The van der Waals surface area contributed by atoms with Crippen molar-refractivity contribution in [2.24, 2.45) is 5.73 Å². The first-order valence-electron chi connectivity index (χ1n) is 4.53. The van der Waals surface area contributed by atoms with E-state index in [0.29, 0.717) is 5.69 Å². The lowest BCUT2D eigenvalue weighted by molar-refractivity contribution is -0.140. The van der Waals surface area contributed by atoms with Gasteiger partial charge >= 0.3 is 6.18 Å². The fourth-order valence-corrected chi connectivity index (χ4v) is 1.21. The SMILES string of the molecule is Cc1cccc(NC(CN)C(F)(F)F)c1. The van der Waals surface area contributed by atoms with Gasteiger partial charge in [-0.3, -0.25) is 0 Å². The Kier molecular flexibility index (Phi) is 3.57. The second-order valence-corrected chi connectivity index (χ2v) is 3.34. The normalized spacial score (nSPS) is 13.7. The van der Waals surface area contributed by atoms with Crippen molar-refractivity contribution in [3.63, 3.8) is 0 Å². The average Bonchev–Trinajstić information content (AvgIpc) is 2.12. The van der Waals surface area contributed by atoms with Gasteiger partial charge in [-0.1, -0.05) is 12.1 Å². The van der Waals surface area contributed by atoms with Crippen LogP contribution in [-0.4, -0.2) is 18.8 Å². The minimum Gasteiger partial charge on any atom is -0.373 e. The van der Waals surface area contributed by atoms with E-state index in [1.807, 2.05) is 13.0 Å². The molecule has 0 aliphatic heterocycles. The molecule has 0 aliphatic carbocycles. The molecule has 2 nitrogen and oxygen atoms in total. The molecule has 0 saturated carbocycles. The number of alkyl halides is 3. The summed E-state index contributed by atoms with van der Waals surface area (Å²) in [6.07, 6.45) is -4.32. The summed E-state index contributed by atoms with van der Waals surface area (Å²) in [7, 11) is 0. The Labute approximate surface area is 86.3 Å².